The number of fused-ring (bicyclic) bond motifs is 2. The van der Waals surface area contributed by atoms with Crippen LogP contribution < -0.4 is 5.32 Å². The quantitative estimate of drug-likeness (QED) is 0.140. The molecule has 1 aromatic rings. The van der Waals surface area contributed by atoms with Crippen LogP contribution in [-0.2, 0) is 52.7 Å². The molecule has 2 aliphatic rings. The van der Waals surface area contributed by atoms with E-state index in [-0.39, 0.29) is 32.5 Å². The van der Waals surface area contributed by atoms with Crippen LogP contribution in [0, 0.1) is 0 Å². The zero-order valence-electron chi connectivity index (χ0n) is 26.9. The van der Waals surface area contributed by atoms with Crippen LogP contribution in [0.5, 0.6) is 0 Å². The number of thiazole rings is 1. The van der Waals surface area contributed by atoms with E-state index in [1.807, 2.05) is 0 Å². The predicted molar refractivity (Wildman–Crippen MR) is 178 cm³/mol. The van der Waals surface area contributed by atoms with Gasteiger partial charge in [-0.3, -0.25) is 14.4 Å². The van der Waals surface area contributed by atoms with Crippen LogP contribution in [0.4, 0.5) is 0 Å². The van der Waals surface area contributed by atoms with Gasteiger partial charge in [0.05, 0.1) is 61.2 Å². The zero-order valence-corrected chi connectivity index (χ0v) is 29.3. The number of hydrogen-bond donors (Lipinski definition) is 2. The third kappa shape index (κ3) is 11.2. The lowest BCUT2D eigenvalue weighted by Gasteiger charge is -2.36. The van der Waals surface area contributed by atoms with Gasteiger partial charge < -0.3 is 34.1 Å². The molecule has 3 rings (SSSR count). The van der Waals surface area contributed by atoms with Gasteiger partial charge in [0.15, 0.2) is 11.9 Å². The normalized spacial score (nSPS) is 29.9. The number of aromatic nitrogens is 1. The van der Waals surface area contributed by atoms with Crippen molar-refractivity contribution in [2.45, 2.75) is 62.5 Å². The molecule has 0 radical (unpaired) electrons. The first-order valence-electron chi connectivity index (χ1n) is 15.0. The second-order valence-electron chi connectivity index (χ2n) is 11.1. The van der Waals surface area contributed by atoms with Crippen molar-refractivity contribution in [1.29, 1.82) is 0 Å². The van der Waals surface area contributed by atoms with E-state index in [1.165, 1.54) is 36.5 Å². The Labute approximate surface area is 284 Å². The van der Waals surface area contributed by atoms with Gasteiger partial charge in [0.25, 0.3) is 0 Å². The minimum absolute atomic E-state index is 0.0230. The second-order valence-corrected chi connectivity index (χ2v) is 15.1. The summed E-state index contributed by atoms with van der Waals surface area (Å²) in [5.41, 5.74) is -0.908. The Hall–Kier alpha value is -2.57. The molecule has 1 aromatic heterocycles. The van der Waals surface area contributed by atoms with Crippen molar-refractivity contribution in [2.24, 2.45) is 0 Å². The van der Waals surface area contributed by atoms with Crippen LogP contribution in [0.3, 0.4) is 0 Å². The highest BCUT2D eigenvalue weighted by atomic mass is 33.1. The molecule has 2 aliphatic heterocycles. The highest BCUT2D eigenvalue weighted by molar-refractivity contribution is 8.76. The third-order valence-corrected chi connectivity index (χ3v) is 12.4. The molecule has 260 valence electrons. The second kappa shape index (κ2) is 18.8. The molecule has 0 aliphatic carbocycles. The Bertz CT molecular complexity index is 1370. The van der Waals surface area contributed by atoms with Crippen LogP contribution in [0.25, 0.3) is 6.08 Å². The number of carbonyl (C=O) groups is 4. The van der Waals surface area contributed by atoms with Crippen LogP contribution >= 0.6 is 22.1 Å². The number of esters is 1. The summed E-state index contributed by atoms with van der Waals surface area (Å²) >= 11 is 1.32. The van der Waals surface area contributed by atoms with Gasteiger partial charge in [-0.05, 0) is 51.8 Å². The van der Waals surface area contributed by atoms with Gasteiger partial charge in [-0.25, -0.2) is 14.0 Å². The van der Waals surface area contributed by atoms with Gasteiger partial charge in [-0.15, -0.1) is 11.3 Å². The molecule has 16 heteroatoms. The van der Waals surface area contributed by atoms with E-state index in [4.69, 9.17) is 23.7 Å². The molecule has 1 unspecified atom stereocenters. The molecule has 0 saturated carbocycles. The van der Waals surface area contributed by atoms with E-state index in [2.05, 4.69) is 10.3 Å². The summed E-state index contributed by atoms with van der Waals surface area (Å²) in [6, 6.07) is -0.481. The molecule has 0 aromatic carbocycles. The van der Waals surface area contributed by atoms with Gasteiger partial charge >= 0.3 is 5.97 Å². The third-order valence-electron chi connectivity index (χ3n) is 7.42. The summed E-state index contributed by atoms with van der Waals surface area (Å²) in [5.74, 6) is -1.80. The Balaban J connectivity index is 1.75. The minimum Gasteiger partial charge on any atom is -0.448 e. The first-order valence-corrected chi connectivity index (χ1v) is 18.3. The molecule has 13 nitrogen and oxygen atoms in total. The lowest BCUT2D eigenvalue weighted by atomic mass is 9.81. The van der Waals surface area contributed by atoms with Crippen molar-refractivity contribution in [1.82, 2.24) is 10.3 Å². The highest BCUT2D eigenvalue weighted by Crippen LogP contribution is 2.50. The van der Waals surface area contributed by atoms with Gasteiger partial charge in [0.2, 0.25) is 11.0 Å². The number of hydrogen-bond acceptors (Lipinski definition) is 14. The van der Waals surface area contributed by atoms with Gasteiger partial charge in [0, 0.05) is 29.7 Å². The number of allylic oxidation sites excluding steroid dienone is 3. The molecule has 1 amide bonds. The summed E-state index contributed by atoms with van der Waals surface area (Å²) in [6.45, 7) is 6.33. The number of amides is 1. The number of carbonyl (C=O) groups excluding carboxylic acids is 4. The molecule has 3 heterocycles. The summed E-state index contributed by atoms with van der Waals surface area (Å²) in [7, 11) is 0.150. The summed E-state index contributed by atoms with van der Waals surface area (Å²) in [4.78, 5) is 56.2. The zero-order chi connectivity index (χ0) is 34.5. The molecule has 47 heavy (non-hydrogen) atoms. The maximum atomic E-state index is 13.3. The number of aliphatic hydroxyl groups is 1. The number of nitrogens with one attached hydrogen (secondary N) is 1. The average Bonchev–Trinajstić information content (AvgIpc) is 3.55. The smallest absolute Gasteiger partial charge is 0.333 e. The topological polar surface area (TPSA) is 177 Å². The Kier molecular flexibility index (Phi) is 15.6. The van der Waals surface area contributed by atoms with Crippen molar-refractivity contribution >= 4 is 60.8 Å². The maximum Gasteiger partial charge on any atom is 0.333 e. The highest BCUT2D eigenvalue weighted by Gasteiger charge is 2.63. The molecule has 5 atom stereocenters. The fourth-order valence-electron chi connectivity index (χ4n) is 4.64. The number of rotatable bonds is 12. The first-order chi connectivity index (χ1) is 22.4. The number of ketones is 1. The van der Waals surface area contributed by atoms with Crippen molar-refractivity contribution in [3.05, 3.63) is 46.0 Å². The number of methoxy groups -OCH3 is 1. The number of nitrogens with zero attached hydrogens (tertiary/aromatic N) is 1. The predicted octanol–water partition coefficient (Wildman–Crippen LogP) is 2.62. The van der Waals surface area contributed by atoms with E-state index in [1.54, 1.807) is 38.5 Å². The minimum atomic E-state index is -2.06. The van der Waals surface area contributed by atoms with E-state index in [0.717, 1.165) is 0 Å². The average molecular weight is 715 g/mol. The van der Waals surface area contributed by atoms with Gasteiger partial charge in [-0.2, -0.15) is 0 Å². The molecule has 1 saturated heterocycles. The van der Waals surface area contributed by atoms with Gasteiger partial charge in [0.1, 0.15) is 22.0 Å². The van der Waals surface area contributed by atoms with E-state index in [0.29, 0.717) is 53.5 Å². The van der Waals surface area contributed by atoms with Crippen LogP contribution in [-0.4, -0.2) is 107 Å². The lowest BCUT2D eigenvalue weighted by Crippen LogP contribution is -2.55. The molecule has 1 spiro atoms. The lowest BCUT2D eigenvalue weighted by molar-refractivity contribution is -0.156. The molecule has 2 N–H and O–H groups in total. The molecule has 2 bridgehead atoms. The monoisotopic (exact) mass is 714 g/mol. The Morgan fingerprint density at radius 1 is 1.09 bits per heavy atom. The maximum absolute atomic E-state index is 13.3. The standard InChI is InChI=1S/C31H42N2O11S3/c1-21-9-10-31(30(3,38)29(37)46-47(31)39)18-26(35)32-22(2)28-33-23(20-45-28)7-5-6-8-24(34)25(17-21)44-27(36)19-43-16-15-42-14-13-41-12-11-40-4/h5-8,17,20,22,25,38H,9-16,18-19H2,1-4H3,(H,32,35)/b7-5-,8-6+,21-17+/t22-,25+,30-,31+,47?/m0/s1. The van der Waals surface area contributed by atoms with Crippen LogP contribution in [0.15, 0.2) is 35.3 Å². The Morgan fingerprint density at radius 2 is 1.74 bits per heavy atom. The summed E-state index contributed by atoms with van der Waals surface area (Å²) in [6.07, 6.45) is 5.95. The van der Waals surface area contributed by atoms with Crippen molar-refractivity contribution in [3.63, 3.8) is 0 Å². The van der Waals surface area contributed by atoms with E-state index in [9.17, 15) is 28.5 Å². The fraction of sp³-hybridized carbons (Fsp3) is 0.581. The molecular weight excluding hydrogens is 673 g/mol. The van der Waals surface area contributed by atoms with Crippen molar-refractivity contribution in [3.8, 4) is 0 Å². The fourth-order valence-corrected chi connectivity index (χ4v) is 9.38. The van der Waals surface area contributed by atoms with Gasteiger partial charge in [-0.1, -0.05) is 17.7 Å². The van der Waals surface area contributed by atoms with E-state index < -0.39 is 61.7 Å². The van der Waals surface area contributed by atoms with Crippen LogP contribution in [0.1, 0.15) is 56.8 Å². The van der Waals surface area contributed by atoms with Crippen LogP contribution in [0.2, 0.25) is 0 Å². The SMILES string of the molecule is COCCOCCOCCOCC(=O)O[C@@H]1/C=C(\C)CC[C@]2(CC(=O)N[C@@H](C)c3nc(cs3)/C=C\C=C\C1=O)S(=O)SC(=O)[C@]2(C)O. The van der Waals surface area contributed by atoms with Crippen molar-refractivity contribution in [2.75, 3.05) is 53.4 Å². The number of ether oxygens (including phenoxy) is 5. The van der Waals surface area contributed by atoms with Crippen molar-refractivity contribution < 1.29 is 52.2 Å². The Morgan fingerprint density at radius 3 is 2.40 bits per heavy atom. The summed E-state index contributed by atoms with van der Waals surface area (Å²) in [5, 5.41) is 15.8. The largest absolute Gasteiger partial charge is 0.448 e. The van der Waals surface area contributed by atoms with E-state index >= 15 is 0 Å². The first kappa shape index (κ1) is 38.9. The molecule has 1 fully saturated rings. The summed E-state index contributed by atoms with van der Waals surface area (Å²) < 4.78 is 38.1. The molecular formula is C31H42N2O11S3.